The molecule has 0 aromatic heterocycles. The summed E-state index contributed by atoms with van der Waals surface area (Å²) in [7, 11) is 0. The quantitative estimate of drug-likeness (QED) is 0.652. The third-order valence-electron chi connectivity index (χ3n) is 6.08. The van der Waals surface area contributed by atoms with Gasteiger partial charge >= 0.3 is 0 Å². The number of hydrogen-bond donors (Lipinski definition) is 3. The molecule has 27 heavy (non-hydrogen) atoms. The zero-order chi connectivity index (χ0) is 20.4. The summed E-state index contributed by atoms with van der Waals surface area (Å²) in [5.41, 5.74) is 0.783. The van der Waals surface area contributed by atoms with Crippen molar-refractivity contribution in [3.63, 3.8) is 0 Å². The average molecular weight is 376 g/mol. The number of fused-ring (bicyclic) bond motifs is 2. The number of allylic oxidation sites excluding steroid dienone is 4. The van der Waals surface area contributed by atoms with Crippen LogP contribution in [0.2, 0.25) is 0 Å². The van der Waals surface area contributed by atoms with Crippen LogP contribution in [0.15, 0.2) is 41.2 Å². The molecule has 1 fully saturated rings. The molecule has 2 bridgehead atoms. The molecule has 1 heterocycles. The van der Waals surface area contributed by atoms with Crippen LogP contribution >= 0.6 is 0 Å². The maximum Gasteiger partial charge on any atom is 0.223 e. The summed E-state index contributed by atoms with van der Waals surface area (Å²) >= 11 is 0. The highest BCUT2D eigenvalue weighted by atomic mass is 16.5. The molecule has 0 spiro atoms. The van der Waals surface area contributed by atoms with Crippen LogP contribution in [-0.4, -0.2) is 52.0 Å². The van der Waals surface area contributed by atoms with Crippen LogP contribution in [0.1, 0.15) is 33.6 Å². The van der Waals surface area contributed by atoms with Gasteiger partial charge in [0.2, 0.25) is 5.78 Å². The second kappa shape index (κ2) is 8.36. The van der Waals surface area contributed by atoms with Gasteiger partial charge in [-0.3, -0.25) is 4.79 Å². The Morgan fingerprint density at radius 1 is 1.41 bits per heavy atom. The van der Waals surface area contributed by atoms with Crippen LogP contribution in [0.3, 0.4) is 0 Å². The first-order chi connectivity index (χ1) is 12.7. The van der Waals surface area contributed by atoms with Gasteiger partial charge in [-0.2, -0.15) is 0 Å². The fourth-order valence-corrected chi connectivity index (χ4v) is 4.32. The van der Waals surface area contributed by atoms with E-state index in [0.29, 0.717) is 30.6 Å². The Balaban J connectivity index is 0.000000817. The van der Waals surface area contributed by atoms with Gasteiger partial charge in [0.15, 0.2) is 5.76 Å². The average Bonchev–Trinajstić information content (AvgIpc) is 2.60. The first-order valence-corrected chi connectivity index (χ1v) is 9.15. The minimum absolute atomic E-state index is 0.0359. The van der Waals surface area contributed by atoms with E-state index >= 15 is 0 Å². The molecule has 148 valence electrons. The van der Waals surface area contributed by atoms with Crippen molar-refractivity contribution in [1.82, 2.24) is 0 Å². The van der Waals surface area contributed by atoms with Crippen molar-refractivity contribution >= 4 is 11.7 Å². The predicted molar refractivity (Wildman–Crippen MR) is 101 cm³/mol. The number of carbonyl (C=O) groups is 1. The Morgan fingerprint density at radius 2 is 2.04 bits per heavy atom. The summed E-state index contributed by atoms with van der Waals surface area (Å²) in [5.74, 6) is 0.226. The molecule has 1 aliphatic heterocycles. The standard InChI is InChI=1S/C19H26O5.C2H2O/c1-10-4-6-19(23)8-13(14-9-24-15(14)5-7-20)11(2)17(21)18(22)16(10)12(19)3;1-2-3/h4,6,12-15,20-21,23H,5,7-9H2,1-3H3;1H2/b17-11+;/t12-,13?,14-,15+,19+;/m0./s1. The topological polar surface area (TPSA) is 104 Å². The molecule has 0 aromatic carbocycles. The Hall–Kier alpha value is -1.98. The van der Waals surface area contributed by atoms with Crippen LogP contribution in [0.25, 0.3) is 0 Å². The van der Waals surface area contributed by atoms with Gasteiger partial charge in [0.25, 0.3) is 0 Å². The lowest BCUT2D eigenvalue weighted by molar-refractivity contribution is -0.149. The SMILES string of the molecule is C=C=O.CC1=C2C(=O)/C(O)=C(/C)C([C@@H]3CO[C@@H]3CCO)C[C@](O)(C=C1)[C@H]2C. The Bertz CT molecular complexity index is 725. The van der Waals surface area contributed by atoms with E-state index in [9.17, 15) is 20.1 Å². The van der Waals surface area contributed by atoms with Crippen LogP contribution in [0, 0.1) is 17.8 Å². The Morgan fingerprint density at radius 3 is 2.56 bits per heavy atom. The lowest BCUT2D eigenvalue weighted by Gasteiger charge is -2.47. The first kappa shape index (κ1) is 21.3. The number of aliphatic hydroxyl groups is 3. The normalized spacial score (nSPS) is 38.2. The molecule has 6 heteroatoms. The highest BCUT2D eigenvalue weighted by Gasteiger charge is 2.49. The van der Waals surface area contributed by atoms with E-state index in [4.69, 9.17) is 9.53 Å². The molecule has 0 aromatic rings. The summed E-state index contributed by atoms with van der Waals surface area (Å²) < 4.78 is 5.54. The lowest BCUT2D eigenvalue weighted by Crippen LogP contribution is -2.50. The molecule has 2 aliphatic carbocycles. The van der Waals surface area contributed by atoms with E-state index in [1.54, 1.807) is 19.1 Å². The highest BCUT2D eigenvalue weighted by Crippen LogP contribution is 2.47. The van der Waals surface area contributed by atoms with Crippen molar-refractivity contribution in [3.8, 4) is 0 Å². The van der Waals surface area contributed by atoms with Gasteiger partial charge < -0.3 is 20.1 Å². The Labute approximate surface area is 159 Å². The summed E-state index contributed by atoms with van der Waals surface area (Å²) in [4.78, 5) is 21.4. The van der Waals surface area contributed by atoms with E-state index in [-0.39, 0.29) is 42.0 Å². The number of rotatable bonds is 3. The van der Waals surface area contributed by atoms with Crippen LogP contribution < -0.4 is 0 Å². The second-order valence-electron chi connectivity index (χ2n) is 7.51. The van der Waals surface area contributed by atoms with Gasteiger partial charge in [0.05, 0.1) is 18.3 Å². The third kappa shape index (κ3) is 3.85. The van der Waals surface area contributed by atoms with E-state index in [1.807, 2.05) is 13.8 Å². The van der Waals surface area contributed by atoms with Gasteiger partial charge in [-0.1, -0.05) is 19.1 Å². The van der Waals surface area contributed by atoms with Crippen molar-refractivity contribution in [2.24, 2.45) is 17.8 Å². The van der Waals surface area contributed by atoms with Crippen molar-refractivity contribution in [1.29, 1.82) is 0 Å². The van der Waals surface area contributed by atoms with Crippen molar-refractivity contribution < 1.29 is 29.6 Å². The minimum atomic E-state index is -1.11. The van der Waals surface area contributed by atoms with Crippen molar-refractivity contribution in [3.05, 3.63) is 41.2 Å². The van der Waals surface area contributed by atoms with Gasteiger partial charge in [-0.05, 0) is 50.3 Å². The second-order valence-corrected chi connectivity index (χ2v) is 7.51. The highest BCUT2D eigenvalue weighted by molar-refractivity contribution is 6.08. The van der Waals surface area contributed by atoms with Crippen molar-refractivity contribution in [2.75, 3.05) is 13.2 Å². The first-order valence-electron chi connectivity index (χ1n) is 9.15. The van der Waals surface area contributed by atoms with E-state index < -0.39 is 5.60 Å². The van der Waals surface area contributed by atoms with Crippen LogP contribution in [0.5, 0.6) is 0 Å². The van der Waals surface area contributed by atoms with Gasteiger partial charge in [-0.15, -0.1) is 0 Å². The Kier molecular flexibility index (Phi) is 6.60. The van der Waals surface area contributed by atoms with Crippen LogP contribution in [-0.2, 0) is 14.3 Å². The van der Waals surface area contributed by atoms with Crippen LogP contribution in [0.4, 0.5) is 0 Å². The lowest BCUT2D eigenvalue weighted by atomic mass is 9.64. The molecule has 1 saturated heterocycles. The molecule has 3 rings (SSSR count). The maximum atomic E-state index is 12.8. The fraction of sp³-hybridized carbons (Fsp3) is 0.571. The minimum Gasteiger partial charge on any atom is -0.504 e. The van der Waals surface area contributed by atoms with E-state index in [1.165, 1.54) is 5.94 Å². The molecule has 1 unspecified atom stereocenters. The molecule has 5 atom stereocenters. The number of aliphatic hydroxyl groups excluding tert-OH is 2. The molecular weight excluding hydrogens is 348 g/mol. The molecule has 3 aliphatic rings. The summed E-state index contributed by atoms with van der Waals surface area (Å²) in [6.07, 6.45) is 4.42. The summed E-state index contributed by atoms with van der Waals surface area (Å²) in [6.45, 7) is 8.67. The van der Waals surface area contributed by atoms with Gasteiger partial charge in [0.1, 0.15) is 5.94 Å². The zero-order valence-electron chi connectivity index (χ0n) is 16.1. The smallest absolute Gasteiger partial charge is 0.223 e. The largest absolute Gasteiger partial charge is 0.504 e. The van der Waals surface area contributed by atoms with Gasteiger partial charge in [0, 0.05) is 24.0 Å². The summed E-state index contributed by atoms with van der Waals surface area (Å²) in [5, 5.41) is 30.9. The molecular formula is C21H28O6. The number of Topliss-reactive ketones (excluding diaryl/α,β-unsaturated/α-hetero) is 1. The van der Waals surface area contributed by atoms with E-state index in [2.05, 4.69) is 6.58 Å². The summed E-state index contributed by atoms with van der Waals surface area (Å²) in [6, 6.07) is 0. The monoisotopic (exact) mass is 376 g/mol. The predicted octanol–water partition coefficient (Wildman–Crippen LogP) is 2.06. The molecule has 0 saturated carbocycles. The number of ether oxygens (including phenoxy) is 1. The van der Waals surface area contributed by atoms with Crippen molar-refractivity contribution in [2.45, 2.75) is 45.3 Å². The number of hydrogen-bond acceptors (Lipinski definition) is 6. The zero-order valence-corrected chi connectivity index (χ0v) is 16.1. The number of ketones is 1. The van der Waals surface area contributed by atoms with E-state index in [0.717, 1.165) is 5.57 Å². The van der Waals surface area contributed by atoms with Gasteiger partial charge in [-0.25, -0.2) is 4.79 Å². The maximum absolute atomic E-state index is 12.8. The fourth-order valence-electron chi connectivity index (χ4n) is 4.32. The molecule has 0 radical (unpaired) electrons. The molecule has 3 N–H and O–H groups in total. The molecule has 6 nitrogen and oxygen atoms in total. The number of carbonyl (C=O) groups excluding carboxylic acids is 2. The molecule has 0 amide bonds. The third-order valence-corrected chi connectivity index (χ3v) is 6.08.